The second-order valence-electron chi connectivity index (χ2n) is 9.75. The van der Waals surface area contributed by atoms with E-state index < -0.39 is 0 Å². The van der Waals surface area contributed by atoms with E-state index in [4.69, 9.17) is 5.26 Å². The van der Waals surface area contributed by atoms with Gasteiger partial charge in [-0.3, -0.25) is 19.6 Å². The SMILES string of the molecule is CC#N.CNC(=O)c1ccc(CN(C)Cc2cc(-c3n[nH]c4c3CC(C)(C)C4)ccc2C=O)cc1. The molecule has 0 fully saturated rings. The number of amides is 1. The number of hydrogen-bond donors (Lipinski definition) is 2. The number of nitrogens with one attached hydrogen (secondary N) is 2. The average molecular weight is 472 g/mol. The molecule has 1 aliphatic carbocycles. The Kier molecular flexibility index (Phi) is 8.21. The highest BCUT2D eigenvalue weighted by atomic mass is 16.1. The van der Waals surface area contributed by atoms with Gasteiger partial charge in [0.1, 0.15) is 6.29 Å². The maximum absolute atomic E-state index is 11.7. The average Bonchev–Trinajstić information content (AvgIpc) is 3.34. The Morgan fingerprint density at radius 3 is 2.51 bits per heavy atom. The molecule has 4 rings (SSSR count). The monoisotopic (exact) mass is 471 g/mol. The van der Waals surface area contributed by atoms with Crippen LogP contribution in [0, 0.1) is 16.7 Å². The first-order valence-electron chi connectivity index (χ1n) is 11.7. The Morgan fingerprint density at radius 2 is 1.89 bits per heavy atom. The number of nitrogens with zero attached hydrogens (tertiary/aromatic N) is 3. The molecule has 2 N–H and O–H groups in total. The van der Waals surface area contributed by atoms with Crippen molar-refractivity contribution < 1.29 is 9.59 Å². The third-order valence-corrected chi connectivity index (χ3v) is 6.14. The molecule has 182 valence electrons. The van der Waals surface area contributed by atoms with E-state index in [1.807, 2.05) is 43.4 Å². The van der Waals surface area contributed by atoms with Crippen molar-refractivity contribution >= 4 is 12.2 Å². The Balaban J connectivity index is 0.00000108. The van der Waals surface area contributed by atoms with Crippen molar-refractivity contribution in [2.45, 2.75) is 46.7 Å². The quantitative estimate of drug-likeness (QED) is 0.493. The Hall–Kier alpha value is -3.76. The molecule has 0 atom stereocenters. The summed E-state index contributed by atoms with van der Waals surface area (Å²) in [5.74, 6) is -0.0921. The molecule has 1 heterocycles. The third kappa shape index (κ3) is 6.23. The molecule has 0 aliphatic heterocycles. The van der Waals surface area contributed by atoms with E-state index in [1.165, 1.54) is 18.2 Å². The minimum Gasteiger partial charge on any atom is -0.355 e. The molecule has 7 heteroatoms. The number of aldehydes is 1. The predicted octanol–water partition coefficient (Wildman–Crippen LogP) is 4.54. The van der Waals surface area contributed by atoms with Crippen LogP contribution in [0.5, 0.6) is 0 Å². The topological polar surface area (TPSA) is 102 Å². The summed E-state index contributed by atoms with van der Waals surface area (Å²) in [5, 5.41) is 17.8. The van der Waals surface area contributed by atoms with Crippen molar-refractivity contribution in [1.82, 2.24) is 20.4 Å². The van der Waals surface area contributed by atoms with Crippen LogP contribution in [-0.2, 0) is 25.9 Å². The number of carbonyl (C=O) groups excluding carboxylic acids is 2. The van der Waals surface area contributed by atoms with Gasteiger partial charge in [0.2, 0.25) is 0 Å². The molecule has 7 nitrogen and oxygen atoms in total. The largest absolute Gasteiger partial charge is 0.355 e. The molecule has 1 aliphatic rings. The van der Waals surface area contributed by atoms with Crippen molar-refractivity contribution in [3.8, 4) is 17.3 Å². The number of nitriles is 1. The van der Waals surface area contributed by atoms with E-state index in [2.05, 4.69) is 40.3 Å². The normalized spacial score (nSPS) is 13.4. The smallest absolute Gasteiger partial charge is 0.251 e. The van der Waals surface area contributed by atoms with E-state index in [0.717, 1.165) is 41.5 Å². The van der Waals surface area contributed by atoms with Crippen LogP contribution in [0.1, 0.15) is 63.9 Å². The molecule has 2 aromatic carbocycles. The second-order valence-corrected chi connectivity index (χ2v) is 9.75. The molecule has 0 unspecified atom stereocenters. The molecular formula is C28H33N5O2. The van der Waals surface area contributed by atoms with Crippen LogP contribution in [0.2, 0.25) is 0 Å². The van der Waals surface area contributed by atoms with Crippen LogP contribution in [0.25, 0.3) is 11.3 Å². The van der Waals surface area contributed by atoms with Gasteiger partial charge in [-0.25, -0.2) is 0 Å². The number of hydrogen-bond acceptors (Lipinski definition) is 5. The van der Waals surface area contributed by atoms with Crippen molar-refractivity contribution in [2.75, 3.05) is 14.1 Å². The summed E-state index contributed by atoms with van der Waals surface area (Å²) < 4.78 is 0. The summed E-state index contributed by atoms with van der Waals surface area (Å²) in [6.45, 7) is 7.34. The summed E-state index contributed by atoms with van der Waals surface area (Å²) in [4.78, 5) is 25.6. The number of carbonyl (C=O) groups is 2. The third-order valence-electron chi connectivity index (χ3n) is 6.14. The van der Waals surface area contributed by atoms with Crippen LogP contribution in [0.3, 0.4) is 0 Å². The number of aromatic nitrogens is 2. The lowest BCUT2D eigenvalue weighted by molar-refractivity contribution is 0.0962. The van der Waals surface area contributed by atoms with Crippen molar-refractivity contribution in [1.29, 1.82) is 5.26 Å². The molecule has 0 saturated heterocycles. The summed E-state index contributed by atoms with van der Waals surface area (Å²) in [5.41, 5.74) is 8.24. The summed E-state index contributed by atoms with van der Waals surface area (Å²) in [6, 6.07) is 15.3. The highest BCUT2D eigenvalue weighted by Crippen LogP contribution is 2.40. The lowest BCUT2D eigenvalue weighted by Crippen LogP contribution is -2.19. The van der Waals surface area contributed by atoms with Crippen LogP contribution in [0.4, 0.5) is 0 Å². The molecule has 0 radical (unpaired) electrons. The maximum Gasteiger partial charge on any atom is 0.251 e. The van der Waals surface area contributed by atoms with Gasteiger partial charge in [0.25, 0.3) is 5.91 Å². The van der Waals surface area contributed by atoms with Gasteiger partial charge in [-0.2, -0.15) is 10.4 Å². The Morgan fingerprint density at radius 1 is 1.20 bits per heavy atom. The molecule has 0 spiro atoms. The molecule has 1 amide bonds. The maximum atomic E-state index is 11.7. The minimum atomic E-state index is -0.0921. The van der Waals surface area contributed by atoms with Crippen molar-refractivity contribution in [2.24, 2.45) is 5.41 Å². The van der Waals surface area contributed by atoms with Gasteiger partial charge in [0.15, 0.2) is 0 Å². The van der Waals surface area contributed by atoms with Gasteiger partial charge in [0.05, 0.1) is 11.8 Å². The van der Waals surface area contributed by atoms with Gasteiger partial charge in [-0.15, -0.1) is 0 Å². The van der Waals surface area contributed by atoms with Crippen molar-refractivity contribution in [3.05, 3.63) is 76.0 Å². The number of benzene rings is 2. The van der Waals surface area contributed by atoms with Crippen molar-refractivity contribution in [3.63, 3.8) is 0 Å². The van der Waals surface area contributed by atoms with Gasteiger partial charge in [-0.1, -0.05) is 38.1 Å². The lowest BCUT2D eigenvalue weighted by atomic mass is 9.89. The van der Waals surface area contributed by atoms with E-state index in [9.17, 15) is 9.59 Å². The first-order chi connectivity index (χ1) is 16.7. The van der Waals surface area contributed by atoms with E-state index in [-0.39, 0.29) is 11.3 Å². The zero-order valence-electron chi connectivity index (χ0n) is 21.1. The summed E-state index contributed by atoms with van der Waals surface area (Å²) in [7, 11) is 3.66. The Bertz CT molecular complexity index is 1240. The standard InChI is InChI=1S/C26H30N4O2.C2H3N/c1-26(2)12-22-23(13-26)28-29-24(22)19-9-10-20(16-31)21(11-19)15-30(4)14-17-5-7-18(8-6-17)25(32)27-3;1-2-3/h5-11,16H,12-15H2,1-4H3,(H,27,32)(H,28,29);1H3. The molecule has 3 aromatic rings. The second kappa shape index (κ2) is 11.1. The zero-order chi connectivity index (χ0) is 25.6. The first-order valence-corrected chi connectivity index (χ1v) is 11.7. The van der Waals surface area contributed by atoms with Crippen LogP contribution < -0.4 is 5.32 Å². The predicted molar refractivity (Wildman–Crippen MR) is 137 cm³/mol. The molecular weight excluding hydrogens is 438 g/mol. The molecule has 0 saturated carbocycles. The number of fused-ring (bicyclic) bond motifs is 1. The number of aromatic amines is 1. The van der Waals surface area contributed by atoms with E-state index in [1.54, 1.807) is 13.1 Å². The molecule has 0 bridgehead atoms. The van der Waals surface area contributed by atoms with Gasteiger partial charge < -0.3 is 5.32 Å². The summed E-state index contributed by atoms with van der Waals surface area (Å²) in [6.07, 6.45) is 2.93. The van der Waals surface area contributed by atoms with E-state index >= 15 is 0 Å². The van der Waals surface area contributed by atoms with Gasteiger partial charge in [-0.05, 0) is 54.6 Å². The fourth-order valence-corrected chi connectivity index (χ4v) is 4.57. The molecule has 35 heavy (non-hydrogen) atoms. The first kappa shape index (κ1) is 25.9. The van der Waals surface area contributed by atoms with Crippen LogP contribution in [-0.4, -0.2) is 41.4 Å². The molecule has 1 aromatic heterocycles. The van der Waals surface area contributed by atoms with Crippen LogP contribution in [0.15, 0.2) is 42.5 Å². The van der Waals surface area contributed by atoms with Gasteiger partial charge >= 0.3 is 0 Å². The lowest BCUT2D eigenvalue weighted by Gasteiger charge is -2.19. The zero-order valence-corrected chi connectivity index (χ0v) is 21.1. The Labute approximate surface area is 207 Å². The minimum absolute atomic E-state index is 0.0921. The van der Waals surface area contributed by atoms with Gasteiger partial charge in [0, 0.05) is 55.0 Å². The van der Waals surface area contributed by atoms with Crippen LogP contribution >= 0.6 is 0 Å². The highest BCUT2D eigenvalue weighted by molar-refractivity contribution is 5.93. The number of rotatable bonds is 7. The summed E-state index contributed by atoms with van der Waals surface area (Å²) >= 11 is 0. The number of H-pyrrole nitrogens is 1. The highest BCUT2D eigenvalue weighted by Gasteiger charge is 2.32. The fourth-order valence-electron chi connectivity index (χ4n) is 4.57. The fraction of sp³-hybridized carbons (Fsp3) is 0.357. The van der Waals surface area contributed by atoms with E-state index in [0.29, 0.717) is 24.2 Å².